The molecule has 0 spiro atoms. The summed E-state index contributed by atoms with van der Waals surface area (Å²) < 4.78 is 47.3. The first-order chi connectivity index (χ1) is 6.97. The predicted molar refractivity (Wildman–Crippen MR) is 46.2 cm³/mol. The van der Waals surface area contributed by atoms with E-state index < -0.39 is 18.2 Å². The van der Waals surface area contributed by atoms with Gasteiger partial charge in [-0.25, -0.2) is 0 Å². The van der Waals surface area contributed by atoms with Gasteiger partial charge in [-0.2, -0.15) is 17.6 Å². The molecule has 0 unspecified atom stereocenters. The van der Waals surface area contributed by atoms with E-state index in [0.29, 0.717) is 0 Å². The average molecular weight is 218 g/mol. The zero-order valence-electron chi connectivity index (χ0n) is 7.37. The van der Waals surface area contributed by atoms with Crippen molar-refractivity contribution in [1.82, 2.24) is 0 Å². The molecule has 0 radical (unpaired) electrons. The van der Waals surface area contributed by atoms with E-state index in [0.717, 1.165) is 0 Å². The third-order valence-electron chi connectivity index (χ3n) is 1.30. The monoisotopic (exact) mass is 218 g/mol. The van der Waals surface area contributed by atoms with Crippen molar-refractivity contribution < 1.29 is 17.6 Å². The molecule has 0 saturated heterocycles. The van der Waals surface area contributed by atoms with Gasteiger partial charge < -0.3 is 0 Å². The molecular formula is C9H6F4N2. The van der Waals surface area contributed by atoms with E-state index in [1.165, 1.54) is 12.1 Å². The SMILES string of the molecule is F/C(=C/C(F)(F)F)N=Nc1ccccc1. The second-order valence-corrected chi connectivity index (χ2v) is 2.54. The number of benzene rings is 1. The summed E-state index contributed by atoms with van der Waals surface area (Å²) in [6, 6.07) is 7.90. The highest BCUT2D eigenvalue weighted by molar-refractivity contribution is 5.34. The van der Waals surface area contributed by atoms with Crippen LogP contribution in [0.15, 0.2) is 52.6 Å². The van der Waals surface area contributed by atoms with Crippen LogP contribution in [0.5, 0.6) is 0 Å². The van der Waals surface area contributed by atoms with Crippen LogP contribution in [0.25, 0.3) is 0 Å². The predicted octanol–water partition coefficient (Wildman–Crippen LogP) is 4.14. The minimum absolute atomic E-state index is 0.281. The molecule has 0 aromatic heterocycles. The van der Waals surface area contributed by atoms with Gasteiger partial charge in [0.1, 0.15) is 0 Å². The minimum Gasteiger partial charge on any atom is -0.183 e. The van der Waals surface area contributed by atoms with Gasteiger partial charge >= 0.3 is 6.18 Å². The zero-order valence-corrected chi connectivity index (χ0v) is 7.37. The lowest BCUT2D eigenvalue weighted by molar-refractivity contribution is -0.0814. The van der Waals surface area contributed by atoms with Gasteiger partial charge in [0.25, 0.3) is 0 Å². The van der Waals surface area contributed by atoms with Crippen LogP contribution in [0.3, 0.4) is 0 Å². The lowest BCUT2D eigenvalue weighted by atomic mass is 10.3. The number of allylic oxidation sites excluding steroid dienone is 1. The Morgan fingerprint density at radius 1 is 1.13 bits per heavy atom. The van der Waals surface area contributed by atoms with E-state index in [2.05, 4.69) is 10.2 Å². The summed E-state index contributed by atoms with van der Waals surface area (Å²) in [6.45, 7) is 0. The fourth-order valence-corrected chi connectivity index (χ4v) is 0.764. The number of hydrogen-bond donors (Lipinski definition) is 0. The number of rotatable bonds is 2. The third kappa shape index (κ3) is 4.90. The Kier molecular flexibility index (Phi) is 3.54. The molecule has 2 nitrogen and oxygen atoms in total. The highest BCUT2D eigenvalue weighted by Crippen LogP contribution is 2.20. The number of alkyl halides is 3. The van der Waals surface area contributed by atoms with Crippen LogP contribution >= 0.6 is 0 Å². The van der Waals surface area contributed by atoms with E-state index >= 15 is 0 Å². The Balaban J connectivity index is 2.71. The average Bonchev–Trinajstić information content (AvgIpc) is 2.14. The molecule has 0 aliphatic carbocycles. The van der Waals surface area contributed by atoms with Crippen molar-refractivity contribution in [2.45, 2.75) is 6.18 Å². The molecule has 0 saturated carbocycles. The Morgan fingerprint density at radius 3 is 2.27 bits per heavy atom. The standard InChI is InChI=1S/C9H6F4N2/c10-8(6-9(11,12)13)15-14-7-4-2-1-3-5-7/h1-6H/b8-6-,15-14?. The van der Waals surface area contributed by atoms with Gasteiger partial charge in [-0.3, -0.25) is 0 Å². The van der Waals surface area contributed by atoms with E-state index in [1.54, 1.807) is 18.2 Å². The first-order valence-electron chi connectivity index (χ1n) is 3.89. The van der Waals surface area contributed by atoms with Crippen molar-refractivity contribution in [2.75, 3.05) is 0 Å². The Labute approximate surface area is 82.9 Å². The van der Waals surface area contributed by atoms with Crippen LogP contribution in [0.2, 0.25) is 0 Å². The Bertz CT molecular complexity index is 367. The van der Waals surface area contributed by atoms with Gasteiger partial charge in [0, 0.05) is 0 Å². The van der Waals surface area contributed by atoms with Crippen molar-refractivity contribution in [3.8, 4) is 0 Å². The fraction of sp³-hybridized carbons (Fsp3) is 0.111. The summed E-state index contributed by atoms with van der Waals surface area (Å²) in [7, 11) is 0. The molecule has 0 N–H and O–H groups in total. The molecule has 15 heavy (non-hydrogen) atoms. The molecule has 0 heterocycles. The van der Waals surface area contributed by atoms with Crippen molar-refractivity contribution in [2.24, 2.45) is 10.2 Å². The highest BCUT2D eigenvalue weighted by atomic mass is 19.4. The van der Waals surface area contributed by atoms with Crippen LogP contribution < -0.4 is 0 Å². The Morgan fingerprint density at radius 2 is 1.73 bits per heavy atom. The lowest BCUT2D eigenvalue weighted by Gasteiger charge is -1.96. The number of azo groups is 1. The van der Waals surface area contributed by atoms with Gasteiger partial charge in [0.15, 0.2) is 0 Å². The smallest absolute Gasteiger partial charge is 0.183 e. The molecule has 1 rings (SSSR count). The molecule has 0 fully saturated rings. The van der Waals surface area contributed by atoms with E-state index in [1.807, 2.05) is 0 Å². The van der Waals surface area contributed by atoms with E-state index in [-0.39, 0.29) is 5.69 Å². The van der Waals surface area contributed by atoms with E-state index in [9.17, 15) is 17.6 Å². The topological polar surface area (TPSA) is 24.7 Å². The molecule has 0 aliphatic rings. The second kappa shape index (κ2) is 4.68. The van der Waals surface area contributed by atoms with Crippen molar-refractivity contribution in [3.63, 3.8) is 0 Å². The number of halogens is 4. The summed E-state index contributed by atoms with van der Waals surface area (Å²) in [5, 5.41) is 6.05. The van der Waals surface area contributed by atoms with Gasteiger partial charge in [-0.05, 0) is 12.1 Å². The third-order valence-corrected chi connectivity index (χ3v) is 1.30. The summed E-state index contributed by atoms with van der Waals surface area (Å²) in [5.41, 5.74) is 0.281. The molecule has 0 amide bonds. The van der Waals surface area contributed by atoms with Crippen LogP contribution in [0.1, 0.15) is 0 Å². The molecule has 0 bridgehead atoms. The second-order valence-electron chi connectivity index (χ2n) is 2.54. The number of hydrogen-bond acceptors (Lipinski definition) is 2. The quantitative estimate of drug-likeness (QED) is 0.405. The van der Waals surface area contributed by atoms with Crippen LogP contribution in [-0.2, 0) is 0 Å². The molecule has 1 aromatic rings. The molecule has 6 heteroatoms. The van der Waals surface area contributed by atoms with Crippen LogP contribution in [0, 0.1) is 0 Å². The summed E-state index contributed by atoms with van der Waals surface area (Å²) >= 11 is 0. The minimum atomic E-state index is -4.72. The molecular weight excluding hydrogens is 212 g/mol. The van der Waals surface area contributed by atoms with Gasteiger partial charge in [-0.1, -0.05) is 18.2 Å². The normalized spacial score (nSPS) is 13.5. The summed E-state index contributed by atoms with van der Waals surface area (Å²) in [5.74, 6) is -1.67. The lowest BCUT2D eigenvalue weighted by Crippen LogP contribution is -2.01. The molecule has 0 aliphatic heterocycles. The van der Waals surface area contributed by atoms with Gasteiger partial charge in [-0.15, -0.1) is 10.2 Å². The van der Waals surface area contributed by atoms with E-state index in [4.69, 9.17) is 0 Å². The first-order valence-corrected chi connectivity index (χ1v) is 3.89. The maximum absolute atomic E-state index is 12.5. The van der Waals surface area contributed by atoms with Crippen LogP contribution in [0.4, 0.5) is 23.2 Å². The van der Waals surface area contributed by atoms with Gasteiger partial charge in [0.2, 0.25) is 5.95 Å². The highest BCUT2D eigenvalue weighted by Gasteiger charge is 2.25. The molecule has 0 atom stereocenters. The zero-order chi connectivity index (χ0) is 11.3. The molecule has 80 valence electrons. The molecule has 1 aromatic carbocycles. The maximum Gasteiger partial charge on any atom is 0.414 e. The summed E-state index contributed by atoms with van der Waals surface area (Å²) in [6.07, 6.45) is -5.28. The van der Waals surface area contributed by atoms with Crippen molar-refractivity contribution >= 4 is 5.69 Å². The maximum atomic E-state index is 12.5. The summed E-state index contributed by atoms with van der Waals surface area (Å²) in [4.78, 5) is 0. The Hall–Kier alpha value is -1.72. The fourth-order valence-electron chi connectivity index (χ4n) is 0.764. The first kappa shape index (κ1) is 11.4. The largest absolute Gasteiger partial charge is 0.414 e. The van der Waals surface area contributed by atoms with Gasteiger partial charge in [0.05, 0.1) is 11.8 Å². The number of nitrogens with zero attached hydrogens (tertiary/aromatic N) is 2. The van der Waals surface area contributed by atoms with Crippen LogP contribution in [-0.4, -0.2) is 6.18 Å². The van der Waals surface area contributed by atoms with Crippen molar-refractivity contribution in [1.29, 1.82) is 0 Å². The van der Waals surface area contributed by atoms with Crippen molar-refractivity contribution in [3.05, 3.63) is 42.4 Å².